The number of thiocarbonyl (C=S) groups is 1. The highest BCUT2D eigenvalue weighted by Gasteiger charge is 2.30. The maximum absolute atomic E-state index is 12.7. The van der Waals surface area contributed by atoms with E-state index >= 15 is 0 Å². The maximum Gasteiger partial charge on any atom is 0.416 e. The van der Waals surface area contributed by atoms with Crippen molar-refractivity contribution < 1.29 is 13.2 Å². The average molecular weight is 303 g/mol. The molecule has 20 heavy (non-hydrogen) atoms. The SMILES string of the molecule is Cc1cc(CC(=S)CCCN(C)C)cc(C(F)(F)F)c1. The second-order valence-electron chi connectivity index (χ2n) is 5.33. The van der Waals surface area contributed by atoms with E-state index in [1.807, 2.05) is 14.1 Å². The first-order valence-corrected chi connectivity index (χ1v) is 6.93. The summed E-state index contributed by atoms with van der Waals surface area (Å²) in [7, 11) is 3.97. The zero-order valence-electron chi connectivity index (χ0n) is 12.0. The highest BCUT2D eigenvalue weighted by Crippen LogP contribution is 2.30. The first kappa shape index (κ1) is 17.1. The van der Waals surface area contributed by atoms with Gasteiger partial charge in [0.2, 0.25) is 0 Å². The molecule has 0 unspecified atom stereocenters. The Morgan fingerprint density at radius 1 is 1.20 bits per heavy atom. The van der Waals surface area contributed by atoms with Crippen molar-refractivity contribution in [2.45, 2.75) is 32.4 Å². The van der Waals surface area contributed by atoms with Gasteiger partial charge in [0.15, 0.2) is 0 Å². The highest BCUT2D eigenvalue weighted by molar-refractivity contribution is 7.80. The van der Waals surface area contributed by atoms with E-state index in [0.29, 0.717) is 17.5 Å². The highest BCUT2D eigenvalue weighted by atomic mass is 32.1. The van der Waals surface area contributed by atoms with Crippen molar-refractivity contribution in [2.24, 2.45) is 0 Å². The number of rotatable bonds is 6. The zero-order valence-corrected chi connectivity index (χ0v) is 12.9. The normalized spacial score (nSPS) is 11.9. The van der Waals surface area contributed by atoms with E-state index < -0.39 is 11.7 Å². The Kier molecular flexibility index (Phi) is 6.14. The fourth-order valence-corrected chi connectivity index (χ4v) is 2.35. The molecule has 0 bridgehead atoms. The molecule has 0 aliphatic rings. The number of halogens is 3. The van der Waals surface area contributed by atoms with Gasteiger partial charge in [-0.2, -0.15) is 13.2 Å². The Labute approximate surface area is 123 Å². The van der Waals surface area contributed by atoms with Gasteiger partial charge in [0.1, 0.15) is 0 Å². The van der Waals surface area contributed by atoms with Crippen LogP contribution in [0.15, 0.2) is 18.2 Å². The molecule has 1 aromatic carbocycles. The van der Waals surface area contributed by atoms with Crippen LogP contribution in [0.5, 0.6) is 0 Å². The lowest BCUT2D eigenvalue weighted by Crippen LogP contribution is -2.14. The number of nitrogens with zero attached hydrogens (tertiary/aromatic N) is 1. The third-order valence-corrected chi connectivity index (χ3v) is 3.28. The predicted octanol–water partition coefficient (Wildman–Crippen LogP) is 4.27. The molecule has 1 rings (SSSR count). The molecule has 0 amide bonds. The van der Waals surface area contributed by atoms with E-state index in [4.69, 9.17) is 12.2 Å². The summed E-state index contributed by atoms with van der Waals surface area (Å²) in [6.07, 6.45) is -2.16. The van der Waals surface area contributed by atoms with Crippen molar-refractivity contribution >= 4 is 17.1 Å². The van der Waals surface area contributed by atoms with E-state index in [9.17, 15) is 13.2 Å². The van der Waals surface area contributed by atoms with Crippen molar-refractivity contribution in [3.05, 3.63) is 34.9 Å². The summed E-state index contributed by atoms with van der Waals surface area (Å²) in [5.41, 5.74) is 0.668. The fourth-order valence-electron chi connectivity index (χ4n) is 2.04. The molecule has 0 aliphatic heterocycles. The van der Waals surface area contributed by atoms with Crippen LogP contribution in [0.1, 0.15) is 29.5 Å². The summed E-state index contributed by atoms with van der Waals surface area (Å²) in [5, 5.41) is 0. The molecule has 0 heterocycles. The second kappa shape index (κ2) is 7.18. The van der Waals surface area contributed by atoms with Crippen LogP contribution in [0.25, 0.3) is 0 Å². The quantitative estimate of drug-likeness (QED) is 0.722. The first-order chi connectivity index (χ1) is 9.18. The molecule has 0 saturated carbocycles. The van der Waals surface area contributed by atoms with Gasteiger partial charge >= 0.3 is 6.18 Å². The van der Waals surface area contributed by atoms with Crippen LogP contribution >= 0.6 is 12.2 Å². The number of alkyl halides is 3. The molecule has 0 atom stereocenters. The lowest BCUT2D eigenvalue weighted by molar-refractivity contribution is -0.137. The van der Waals surface area contributed by atoms with Gasteiger partial charge in [-0.3, -0.25) is 0 Å². The van der Waals surface area contributed by atoms with Crippen LogP contribution < -0.4 is 0 Å². The van der Waals surface area contributed by atoms with E-state index in [2.05, 4.69) is 4.90 Å². The number of aryl methyl sites for hydroxylation is 1. The van der Waals surface area contributed by atoms with Crippen LogP contribution in [-0.2, 0) is 12.6 Å². The molecule has 0 spiro atoms. The topological polar surface area (TPSA) is 3.24 Å². The van der Waals surface area contributed by atoms with Crippen LogP contribution in [0, 0.1) is 6.92 Å². The number of hydrogen-bond donors (Lipinski definition) is 0. The first-order valence-electron chi connectivity index (χ1n) is 6.52. The molecule has 0 radical (unpaired) electrons. The monoisotopic (exact) mass is 303 g/mol. The number of hydrogen-bond acceptors (Lipinski definition) is 2. The van der Waals surface area contributed by atoms with Crippen molar-refractivity contribution in [1.82, 2.24) is 4.90 Å². The molecular weight excluding hydrogens is 283 g/mol. The Hall–Kier alpha value is -0.940. The Bertz CT molecular complexity index is 467. The minimum atomic E-state index is -4.30. The minimum Gasteiger partial charge on any atom is -0.309 e. The lowest BCUT2D eigenvalue weighted by atomic mass is 10.0. The van der Waals surface area contributed by atoms with Crippen LogP contribution in [0.3, 0.4) is 0 Å². The van der Waals surface area contributed by atoms with E-state index in [0.717, 1.165) is 24.3 Å². The molecule has 0 N–H and O–H groups in total. The summed E-state index contributed by atoms with van der Waals surface area (Å²) >= 11 is 5.27. The summed E-state index contributed by atoms with van der Waals surface area (Å²) in [6, 6.07) is 4.14. The van der Waals surface area contributed by atoms with Gasteiger partial charge in [-0.25, -0.2) is 0 Å². The molecule has 112 valence electrons. The van der Waals surface area contributed by atoms with Crippen molar-refractivity contribution in [3.8, 4) is 0 Å². The fraction of sp³-hybridized carbons (Fsp3) is 0.533. The Morgan fingerprint density at radius 3 is 2.40 bits per heavy atom. The van der Waals surface area contributed by atoms with Gasteiger partial charge in [-0.05, 0) is 63.0 Å². The van der Waals surface area contributed by atoms with Gasteiger partial charge < -0.3 is 4.90 Å². The lowest BCUT2D eigenvalue weighted by Gasteiger charge is -2.12. The third-order valence-electron chi connectivity index (χ3n) is 2.93. The van der Waals surface area contributed by atoms with E-state index in [-0.39, 0.29) is 0 Å². The third kappa shape index (κ3) is 6.01. The summed E-state index contributed by atoms with van der Waals surface area (Å²) in [5.74, 6) is 0. The summed E-state index contributed by atoms with van der Waals surface area (Å²) in [6.45, 7) is 2.61. The Balaban J connectivity index is 2.68. The maximum atomic E-state index is 12.7. The van der Waals surface area contributed by atoms with Crippen molar-refractivity contribution in [3.63, 3.8) is 0 Å². The number of benzene rings is 1. The van der Waals surface area contributed by atoms with Crippen LogP contribution in [0.4, 0.5) is 13.2 Å². The molecule has 0 saturated heterocycles. The summed E-state index contributed by atoms with van der Waals surface area (Å²) < 4.78 is 38.2. The zero-order chi connectivity index (χ0) is 15.3. The molecule has 5 heteroatoms. The van der Waals surface area contributed by atoms with Gasteiger partial charge in [0.25, 0.3) is 0 Å². The molecule has 1 aromatic rings. The van der Waals surface area contributed by atoms with Gasteiger partial charge in [-0.15, -0.1) is 0 Å². The van der Waals surface area contributed by atoms with E-state index in [1.165, 1.54) is 12.1 Å². The van der Waals surface area contributed by atoms with Gasteiger partial charge in [-0.1, -0.05) is 23.8 Å². The van der Waals surface area contributed by atoms with Gasteiger partial charge in [0, 0.05) is 6.42 Å². The van der Waals surface area contributed by atoms with Crippen molar-refractivity contribution in [2.75, 3.05) is 20.6 Å². The summed E-state index contributed by atoms with van der Waals surface area (Å²) in [4.78, 5) is 2.88. The molecule has 0 aromatic heterocycles. The molecular formula is C15H20F3NS. The standard InChI is InChI=1S/C15H20F3NS/c1-11-7-12(9-13(8-11)15(16,17)18)10-14(20)5-4-6-19(2)3/h7-9H,4-6,10H2,1-3H3. The van der Waals surface area contributed by atoms with Crippen molar-refractivity contribution in [1.29, 1.82) is 0 Å². The second-order valence-corrected chi connectivity index (χ2v) is 5.90. The van der Waals surface area contributed by atoms with Crippen LogP contribution in [0.2, 0.25) is 0 Å². The minimum absolute atomic E-state index is 0.438. The molecule has 0 fully saturated rings. The Morgan fingerprint density at radius 2 is 1.85 bits per heavy atom. The predicted molar refractivity (Wildman–Crippen MR) is 80.3 cm³/mol. The molecule has 0 aliphatic carbocycles. The van der Waals surface area contributed by atoms with Crippen LogP contribution in [-0.4, -0.2) is 30.4 Å². The van der Waals surface area contributed by atoms with E-state index in [1.54, 1.807) is 13.0 Å². The largest absolute Gasteiger partial charge is 0.416 e. The average Bonchev–Trinajstić information content (AvgIpc) is 2.26. The molecule has 1 nitrogen and oxygen atoms in total. The van der Waals surface area contributed by atoms with Gasteiger partial charge in [0.05, 0.1) is 5.56 Å². The smallest absolute Gasteiger partial charge is 0.309 e.